The molecule has 0 aliphatic carbocycles. The van der Waals surface area contributed by atoms with E-state index in [0.717, 1.165) is 11.0 Å². The fourth-order valence-electron chi connectivity index (χ4n) is 2.62. The Balaban J connectivity index is 1.89. The zero-order valence-electron chi connectivity index (χ0n) is 11.6. The van der Waals surface area contributed by atoms with Crippen LogP contribution in [0.1, 0.15) is 16.7 Å². The first-order chi connectivity index (χ1) is 9.65. The number of rotatable bonds is 3. The lowest BCUT2D eigenvalue weighted by atomic mass is 10.1. The molecular weight excluding hydrogens is 312 g/mol. The summed E-state index contributed by atoms with van der Waals surface area (Å²) in [6.07, 6.45) is 1.99. The molecule has 0 aliphatic heterocycles. The van der Waals surface area contributed by atoms with Gasteiger partial charge < -0.3 is 10.3 Å². The third-order valence-electron chi connectivity index (χ3n) is 3.56. The summed E-state index contributed by atoms with van der Waals surface area (Å²) >= 11 is 3.64. The van der Waals surface area contributed by atoms with Gasteiger partial charge in [-0.15, -0.1) is 0 Å². The minimum atomic E-state index is 0.806. The van der Waals surface area contributed by atoms with Crippen LogP contribution in [0.15, 0.2) is 47.1 Å². The summed E-state index contributed by atoms with van der Waals surface area (Å²) in [5, 5.41) is 4.79. The summed E-state index contributed by atoms with van der Waals surface area (Å²) in [7, 11) is 0. The quantitative estimate of drug-likeness (QED) is 0.682. The van der Waals surface area contributed by atoms with Crippen LogP contribution < -0.4 is 5.32 Å². The van der Waals surface area contributed by atoms with E-state index in [0.29, 0.717) is 0 Å². The van der Waals surface area contributed by atoms with Crippen molar-refractivity contribution in [1.82, 2.24) is 4.98 Å². The van der Waals surface area contributed by atoms with Gasteiger partial charge in [-0.3, -0.25) is 0 Å². The average Bonchev–Trinajstić information content (AvgIpc) is 2.86. The predicted molar refractivity (Wildman–Crippen MR) is 89.2 cm³/mol. The third-order valence-corrected chi connectivity index (χ3v) is 4.19. The van der Waals surface area contributed by atoms with E-state index in [9.17, 15) is 0 Å². The second-order valence-corrected chi connectivity index (χ2v) is 6.01. The number of benzene rings is 2. The number of H-pyrrole nitrogens is 1. The van der Waals surface area contributed by atoms with Gasteiger partial charge in [0, 0.05) is 17.2 Å². The van der Waals surface area contributed by atoms with Gasteiger partial charge in [0.1, 0.15) is 0 Å². The van der Waals surface area contributed by atoms with Crippen molar-refractivity contribution in [2.45, 2.75) is 20.4 Å². The molecule has 0 bridgehead atoms. The first-order valence-corrected chi connectivity index (χ1v) is 7.50. The van der Waals surface area contributed by atoms with Crippen LogP contribution in [0.25, 0.3) is 10.9 Å². The molecule has 3 aromatic rings. The van der Waals surface area contributed by atoms with Gasteiger partial charge in [0.05, 0.1) is 11.2 Å². The summed E-state index contributed by atoms with van der Waals surface area (Å²) in [4.78, 5) is 3.31. The van der Waals surface area contributed by atoms with Gasteiger partial charge in [0.15, 0.2) is 0 Å². The average molecular weight is 329 g/mol. The number of hydrogen-bond donors (Lipinski definition) is 2. The highest BCUT2D eigenvalue weighted by molar-refractivity contribution is 9.10. The van der Waals surface area contributed by atoms with Gasteiger partial charge in [0.2, 0.25) is 0 Å². The molecule has 102 valence electrons. The predicted octanol–water partition coefficient (Wildman–Crippen LogP) is 5.16. The van der Waals surface area contributed by atoms with Crippen molar-refractivity contribution in [2.75, 3.05) is 5.32 Å². The second-order valence-electron chi connectivity index (χ2n) is 5.15. The molecule has 2 nitrogen and oxygen atoms in total. The molecule has 20 heavy (non-hydrogen) atoms. The van der Waals surface area contributed by atoms with Crippen LogP contribution in [0.3, 0.4) is 0 Å². The Bertz CT molecular complexity index is 736. The lowest BCUT2D eigenvalue weighted by Gasteiger charge is -2.13. The number of anilines is 1. The molecule has 0 spiro atoms. The molecule has 2 aromatic carbocycles. The van der Waals surface area contributed by atoms with Crippen LogP contribution in [0, 0.1) is 13.8 Å². The van der Waals surface area contributed by atoms with E-state index in [1.165, 1.54) is 33.3 Å². The van der Waals surface area contributed by atoms with Gasteiger partial charge >= 0.3 is 0 Å². The van der Waals surface area contributed by atoms with Crippen molar-refractivity contribution in [3.8, 4) is 0 Å². The number of halogens is 1. The summed E-state index contributed by atoms with van der Waals surface area (Å²) in [6, 6.07) is 12.8. The highest BCUT2D eigenvalue weighted by atomic mass is 79.9. The Morgan fingerprint density at radius 2 is 2.00 bits per heavy atom. The minimum absolute atomic E-state index is 0.806. The lowest BCUT2D eigenvalue weighted by molar-refractivity contribution is 1.14. The third kappa shape index (κ3) is 2.46. The first-order valence-electron chi connectivity index (χ1n) is 6.71. The minimum Gasteiger partial charge on any atom is -0.380 e. The molecule has 1 aromatic heterocycles. The molecular formula is C17H17BrN2. The maximum absolute atomic E-state index is 3.64. The maximum atomic E-state index is 3.64. The van der Waals surface area contributed by atoms with Gasteiger partial charge in [0.25, 0.3) is 0 Å². The van der Waals surface area contributed by atoms with Gasteiger partial charge in [-0.1, -0.05) is 24.3 Å². The van der Waals surface area contributed by atoms with Crippen molar-refractivity contribution in [3.63, 3.8) is 0 Å². The Labute approximate surface area is 127 Å². The highest BCUT2D eigenvalue weighted by Crippen LogP contribution is 2.28. The molecule has 1 heterocycles. The van der Waals surface area contributed by atoms with Gasteiger partial charge in [-0.2, -0.15) is 0 Å². The van der Waals surface area contributed by atoms with Crippen LogP contribution in [0.4, 0.5) is 5.69 Å². The van der Waals surface area contributed by atoms with Crippen LogP contribution in [0.5, 0.6) is 0 Å². The van der Waals surface area contributed by atoms with E-state index in [-0.39, 0.29) is 0 Å². The van der Waals surface area contributed by atoms with Crippen LogP contribution in [0.2, 0.25) is 0 Å². The molecule has 0 saturated heterocycles. The number of nitrogens with one attached hydrogen (secondary N) is 2. The summed E-state index contributed by atoms with van der Waals surface area (Å²) in [5.41, 5.74) is 6.18. The molecule has 0 unspecified atom stereocenters. The maximum Gasteiger partial charge on any atom is 0.0517 e. The topological polar surface area (TPSA) is 27.8 Å². The summed E-state index contributed by atoms with van der Waals surface area (Å²) < 4.78 is 1.12. The monoisotopic (exact) mass is 328 g/mol. The smallest absolute Gasteiger partial charge is 0.0517 e. The fraction of sp³-hybridized carbons (Fsp3) is 0.176. The highest BCUT2D eigenvalue weighted by Gasteiger charge is 2.06. The van der Waals surface area contributed by atoms with E-state index in [1.54, 1.807) is 0 Å². The largest absolute Gasteiger partial charge is 0.380 e. The SMILES string of the molecule is Cc1cc(C)c(NCc2cccc3cc[nH]c23)c(Br)c1. The number of fused-ring (bicyclic) bond motifs is 1. The van der Waals surface area contributed by atoms with Crippen LogP contribution in [-0.2, 0) is 6.54 Å². The molecule has 0 fully saturated rings. The standard InChI is InChI=1S/C17H17BrN2/c1-11-8-12(2)16(15(18)9-11)20-10-14-5-3-4-13-6-7-19-17(13)14/h3-9,19-20H,10H2,1-2H3. The van der Waals surface area contributed by atoms with Crippen molar-refractivity contribution in [1.29, 1.82) is 0 Å². The van der Waals surface area contributed by atoms with E-state index in [2.05, 4.69) is 76.5 Å². The Kier molecular flexibility index (Phi) is 3.53. The number of aromatic amines is 1. The lowest BCUT2D eigenvalue weighted by Crippen LogP contribution is -2.03. The van der Waals surface area contributed by atoms with Crippen LogP contribution >= 0.6 is 15.9 Å². The number of para-hydroxylation sites is 1. The molecule has 3 rings (SSSR count). The van der Waals surface area contributed by atoms with E-state index in [1.807, 2.05) is 6.20 Å². The number of aromatic nitrogens is 1. The zero-order chi connectivity index (χ0) is 14.1. The van der Waals surface area contributed by atoms with Crippen molar-refractivity contribution >= 4 is 32.5 Å². The normalized spacial score (nSPS) is 10.9. The Hall–Kier alpha value is -1.74. The summed E-state index contributed by atoms with van der Waals surface area (Å²) in [6.45, 7) is 5.05. The Morgan fingerprint density at radius 3 is 2.80 bits per heavy atom. The number of aryl methyl sites for hydroxylation is 2. The molecule has 0 atom stereocenters. The molecule has 0 amide bonds. The van der Waals surface area contributed by atoms with Crippen LogP contribution in [-0.4, -0.2) is 4.98 Å². The Morgan fingerprint density at radius 1 is 1.15 bits per heavy atom. The zero-order valence-corrected chi connectivity index (χ0v) is 13.2. The van der Waals surface area contributed by atoms with Crippen molar-refractivity contribution < 1.29 is 0 Å². The van der Waals surface area contributed by atoms with Gasteiger partial charge in [-0.25, -0.2) is 0 Å². The molecule has 0 saturated carbocycles. The van der Waals surface area contributed by atoms with Crippen molar-refractivity contribution in [3.05, 3.63) is 63.8 Å². The second kappa shape index (κ2) is 5.33. The molecule has 0 radical (unpaired) electrons. The molecule has 3 heteroatoms. The first kappa shape index (κ1) is 13.3. The van der Waals surface area contributed by atoms with Gasteiger partial charge in [-0.05, 0) is 64.0 Å². The fourth-order valence-corrected chi connectivity index (χ4v) is 3.43. The molecule has 0 aliphatic rings. The summed E-state index contributed by atoms with van der Waals surface area (Å²) in [5.74, 6) is 0. The molecule has 2 N–H and O–H groups in total. The van der Waals surface area contributed by atoms with Crippen molar-refractivity contribution in [2.24, 2.45) is 0 Å². The number of hydrogen-bond acceptors (Lipinski definition) is 1. The van der Waals surface area contributed by atoms with E-state index < -0.39 is 0 Å². The van der Waals surface area contributed by atoms with E-state index >= 15 is 0 Å². The van der Waals surface area contributed by atoms with E-state index in [4.69, 9.17) is 0 Å².